The lowest BCUT2D eigenvalue weighted by molar-refractivity contribution is 0.534. The standard InChI is InChI=1S/C20H36N4O2S/c1-16(2)8-6-7-13-22-20(21-5)23-14-18-9-11-19(12-10-18)15-27(25,26)24-17(3)4/h9-12,16-17,24H,6-8,13-15H2,1-5H3,(H2,21,22,23). The lowest BCUT2D eigenvalue weighted by Gasteiger charge is -2.13. The van der Waals surface area contributed by atoms with E-state index >= 15 is 0 Å². The largest absolute Gasteiger partial charge is 0.356 e. The van der Waals surface area contributed by atoms with Crippen LogP contribution in [0.25, 0.3) is 0 Å². The van der Waals surface area contributed by atoms with E-state index in [0.717, 1.165) is 36.0 Å². The molecule has 6 nitrogen and oxygen atoms in total. The number of rotatable bonds is 11. The first-order valence-electron chi connectivity index (χ1n) is 9.74. The molecule has 0 radical (unpaired) electrons. The van der Waals surface area contributed by atoms with Crippen LogP contribution >= 0.6 is 0 Å². The van der Waals surface area contributed by atoms with Crippen molar-refractivity contribution in [3.05, 3.63) is 35.4 Å². The monoisotopic (exact) mass is 396 g/mol. The zero-order valence-electron chi connectivity index (χ0n) is 17.4. The molecule has 0 saturated heterocycles. The Kier molecular flexibility index (Phi) is 10.4. The summed E-state index contributed by atoms with van der Waals surface area (Å²) < 4.78 is 26.6. The predicted molar refractivity (Wildman–Crippen MR) is 114 cm³/mol. The molecule has 1 rings (SSSR count). The average molecular weight is 397 g/mol. The van der Waals surface area contributed by atoms with E-state index in [2.05, 4.69) is 34.2 Å². The van der Waals surface area contributed by atoms with Crippen LogP contribution in [-0.2, 0) is 22.3 Å². The van der Waals surface area contributed by atoms with E-state index in [1.807, 2.05) is 38.1 Å². The molecule has 0 spiro atoms. The lowest BCUT2D eigenvalue weighted by atomic mass is 10.1. The Morgan fingerprint density at radius 3 is 2.19 bits per heavy atom. The number of hydrogen-bond acceptors (Lipinski definition) is 3. The van der Waals surface area contributed by atoms with Gasteiger partial charge in [0.15, 0.2) is 5.96 Å². The number of benzene rings is 1. The smallest absolute Gasteiger partial charge is 0.216 e. The normalized spacial score (nSPS) is 12.6. The van der Waals surface area contributed by atoms with Crippen molar-refractivity contribution in [1.29, 1.82) is 0 Å². The summed E-state index contributed by atoms with van der Waals surface area (Å²) in [7, 11) is -1.53. The molecule has 154 valence electrons. The molecule has 0 saturated carbocycles. The summed E-state index contributed by atoms with van der Waals surface area (Å²) in [5.74, 6) is 1.53. The van der Waals surface area contributed by atoms with Gasteiger partial charge in [-0.25, -0.2) is 13.1 Å². The molecule has 3 N–H and O–H groups in total. The molecule has 27 heavy (non-hydrogen) atoms. The van der Waals surface area contributed by atoms with Crippen LogP contribution in [-0.4, -0.2) is 34.0 Å². The summed E-state index contributed by atoms with van der Waals surface area (Å²) >= 11 is 0. The Morgan fingerprint density at radius 2 is 1.63 bits per heavy atom. The van der Waals surface area contributed by atoms with Gasteiger partial charge in [0.1, 0.15) is 0 Å². The van der Waals surface area contributed by atoms with E-state index in [-0.39, 0.29) is 11.8 Å². The SMILES string of the molecule is CN=C(NCCCCC(C)C)NCc1ccc(CS(=O)(=O)NC(C)C)cc1. The average Bonchev–Trinajstić information content (AvgIpc) is 2.56. The summed E-state index contributed by atoms with van der Waals surface area (Å²) in [6.45, 7) is 9.68. The minimum absolute atomic E-state index is 0.00150. The summed E-state index contributed by atoms with van der Waals surface area (Å²) in [4.78, 5) is 4.24. The van der Waals surface area contributed by atoms with Gasteiger partial charge in [-0.2, -0.15) is 0 Å². The van der Waals surface area contributed by atoms with Crippen molar-refractivity contribution in [2.45, 2.75) is 65.3 Å². The second-order valence-electron chi connectivity index (χ2n) is 7.59. The van der Waals surface area contributed by atoms with Gasteiger partial charge in [-0.1, -0.05) is 51.0 Å². The third-order valence-corrected chi connectivity index (χ3v) is 5.52. The highest BCUT2D eigenvalue weighted by Crippen LogP contribution is 2.08. The van der Waals surface area contributed by atoms with Crippen LogP contribution in [0.15, 0.2) is 29.3 Å². The van der Waals surface area contributed by atoms with E-state index in [1.54, 1.807) is 7.05 Å². The van der Waals surface area contributed by atoms with Gasteiger partial charge in [0.25, 0.3) is 0 Å². The van der Waals surface area contributed by atoms with Crippen molar-refractivity contribution in [3.63, 3.8) is 0 Å². The zero-order chi connectivity index (χ0) is 20.3. The maximum absolute atomic E-state index is 12.0. The van der Waals surface area contributed by atoms with Crippen molar-refractivity contribution in [1.82, 2.24) is 15.4 Å². The minimum Gasteiger partial charge on any atom is -0.356 e. The summed E-state index contributed by atoms with van der Waals surface area (Å²) in [6, 6.07) is 7.52. The third-order valence-electron chi connectivity index (χ3n) is 3.98. The van der Waals surface area contributed by atoms with Gasteiger partial charge in [-0.15, -0.1) is 0 Å². The molecule has 0 aromatic heterocycles. The van der Waals surface area contributed by atoms with E-state index in [0.29, 0.717) is 6.54 Å². The van der Waals surface area contributed by atoms with Crippen molar-refractivity contribution in [3.8, 4) is 0 Å². The summed E-state index contributed by atoms with van der Waals surface area (Å²) in [6.07, 6.45) is 3.60. The van der Waals surface area contributed by atoms with E-state index < -0.39 is 10.0 Å². The highest BCUT2D eigenvalue weighted by Gasteiger charge is 2.12. The zero-order valence-corrected chi connectivity index (χ0v) is 18.2. The molecule has 1 aromatic carbocycles. The van der Waals surface area contributed by atoms with Crippen LogP contribution in [0.4, 0.5) is 0 Å². The van der Waals surface area contributed by atoms with Gasteiger partial charge < -0.3 is 10.6 Å². The van der Waals surface area contributed by atoms with Crippen molar-refractivity contribution in [2.75, 3.05) is 13.6 Å². The lowest BCUT2D eigenvalue weighted by Crippen LogP contribution is -2.37. The Hall–Kier alpha value is -1.60. The number of nitrogens with one attached hydrogen (secondary N) is 3. The maximum atomic E-state index is 12.0. The second-order valence-corrected chi connectivity index (χ2v) is 9.34. The van der Waals surface area contributed by atoms with E-state index in [9.17, 15) is 8.42 Å². The minimum atomic E-state index is -3.29. The Bertz CT molecular complexity index is 668. The third kappa shape index (κ3) is 11.0. The summed E-state index contributed by atoms with van der Waals surface area (Å²) in [5.41, 5.74) is 1.86. The number of hydrogen-bond donors (Lipinski definition) is 3. The molecule has 0 aliphatic carbocycles. The van der Waals surface area contributed by atoms with Gasteiger partial charge in [-0.05, 0) is 37.3 Å². The quantitative estimate of drug-likeness (QED) is 0.305. The molecule has 0 aliphatic rings. The number of sulfonamides is 1. The molecular weight excluding hydrogens is 360 g/mol. The van der Waals surface area contributed by atoms with Crippen molar-refractivity contribution in [2.24, 2.45) is 10.9 Å². The molecule has 0 fully saturated rings. The second kappa shape index (κ2) is 12.0. The van der Waals surface area contributed by atoms with Crippen molar-refractivity contribution < 1.29 is 8.42 Å². The Morgan fingerprint density at radius 1 is 1.00 bits per heavy atom. The predicted octanol–water partition coefficient (Wildman–Crippen LogP) is 3.01. The van der Waals surface area contributed by atoms with Crippen LogP contribution in [0, 0.1) is 5.92 Å². The number of unbranched alkanes of at least 4 members (excludes halogenated alkanes) is 1. The Balaban J connectivity index is 2.41. The molecule has 0 atom stereocenters. The molecular formula is C20H36N4O2S. The highest BCUT2D eigenvalue weighted by atomic mass is 32.2. The maximum Gasteiger partial charge on any atom is 0.216 e. The number of aliphatic imine (C=N–C) groups is 1. The highest BCUT2D eigenvalue weighted by molar-refractivity contribution is 7.88. The molecule has 0 heterocycles. The first kappa shape index (κ1) is 23.4. The van der Waals surface area contributed by atoms with Crippen LogP contribution in [0.5, 0.6) is 0 Å². The summed E-state index contributed by atoms with van der Waals surface area (Å²) in [5, 5.41) is 6.61. The Labute approximate surface area is 165 Å². The fraction of sp³-hybridized carbons (Fsp3) is 0.650. The molecule has 0 aliphatic heterocycles. The molecule has 0 bridgehead atoms. The van der Waals surface area contributed by atoms with Crippen LogP contribution < -0.4 is 15.4 Å². The van der Waals surface area contributed by atoms with Gasteiger partial charge in [0.05, 0.1) is 5.75 Å². The van der Waals surface area contributed by atoms with E-state index in [1.165, 1.54) is 12.8 Å². The topological polar surface area (TPSA) is 82.6 Å². The first-order chi connectivity index (χ1) is 12.7. The fourth-order valence-corrected chi connectivity index (χ4v) is 4.10. The van der Waals surface area contributed by atoms with Crippen LogP contribution in [0.1, 0.15) is 58.1 Å². The number of nitrogens with zero attached hydrogens (tertiary/aromatic N) is 1. The molecule has 7 heteroatoms. The van der Waals surface area contributed by atoms with Crippen LogP contribution in [0.2, 0.25) is 0 Å². The molecule has 0 unspecified atom stereocenters. The first-order valence-corrected chi connectivity index (χ1v) is 11.4. The van der Waals surface area contributed by atoms with Gasteiger partial charge in [0, 0.05) is 26.2 Å². The van der Waals surface area contributed by atoms with Crippen LogP contribution in [0.3, 0.4) is 0 Å². The van der Waals surface area contributed by atoms with E-state index in [4.69, 9.17) is 0 Å². The van der Waals surface area contributed by atoms with Gasteiger partial charge in [-0.3, -0.25) is 4.99 Å². The molecule has 0 amide bonds. The van der Waals surface area contributed by atoms with Gasteiger partial charge >= 0.3 is 0 Å². The van der Waals surface area contributed by atoms with Crippen molar-refractivity contribution >= 4 is 16.0 Å². The van der Waals surface area contributed by atoms with Gasteiger partial charge in [0.2, 0.25) is 10.0 Å². The fourth-order valence-electron chi connectivity index (χ4n) is 2.66. The molecule has 1 aromatic rings. The number of guanidine groups is 1.